The summed E-state index contributed by atoms with van der Waals surface area (Å²) in [5.74, 6) is -1.55. The lowest BCUT2D eigenvalue weighted by Gasteiger charge is -2.15. The van der Waals surface area contributed by atoms with Crippen LogP contribution in [-0.4, -0.2) is 38.8 Å². The predicted molar refractivity (Wildman–Crippen MR) is 66.6 cm³/mol. The van der Waals surface area contributed by atoms with Gasteiger partial charge >= 0.3 is 11.4 Å². The minimum Gasteiger partial charge on any atom is -0.497 e. The van der Waals surface area contributed by atoms with Gasteiger partial charge in [-0.3, -0.25) is 25.0 Å². The number of hydrogen-bond donors (Lipinski definition) is 1. The first-order valence-electron chi connectivity index (χ1n) is 5.87. The van der Waals surface area contributed by atoms with Crippen molar-refractivity contribution in [1.29, 1.82) is 0 Å². The molecule has 0 saturated carbocycles. The Balaban J connectivity index is 2.50. The van der Waals surface area contributed by atoms with Gasteiger partial charge < -0.3 is 10.0 Å². The van der Waals surface area contributed by atoms with Gasteiger partial charge in [0.25, 0.3) is 11.7 Å². The van der Waals surface area contributed by atoms with Gasteiger partial charge in [0.15, 0.2) is 0 Å². The van der Waals surface area contributed by atoms with Crippen LogP contribution in [0.3, 0.4) is 0 Å². The Labute approximate surface area is 112 Å². The molecule has 20 heavy (non-hydrogen) atoms. The zero-order valence-corrected chi connectivity index (χ0v) is 10.3. The molecule has 0 aromatic heterocycles. The van der Waals surface area contributed by atoms with Crippen molar-refractivity contribution in [1.82, 2.24) is 4.90 Å². The highest BCUT2D eigenvalue weighted by Crippen LogP contribution is 2.37. The van der Waals surface area contributed by atoms with E-state index in [0.717, 1.165) is 25.0 Å². The molecule has 1 saturated heterocycles. The first-order valence-corrected chi connectivity index (χ1v) is 5.87. The SMILES string of the molecule is O=C(c1cc([N+](=O)[O-])c(O)c([N+](=O)[O-])c1)N1CCCC1. The summed E-state index contributed by atoms with van der Waals surface area (Å²) in [6.07, 6.45) is 1.65. The van der Waals surface area contributed by atoms with Crippen LogP contribution in [0.15, 0.2) is 12.1 Å². The molecular formula is C11H11N3O6. The summed E-state index contributed by atoms with van der Waals surface area (Å²) in [4.78, 5) is 33.2. The average Bonchev–Trinajstić information content (AvgIpc) is 2.91. The third-order valence-electron chi connectivity index (χ3n) is 3.10. The van der Waals surface area contributed by atoms with Crippen LogP contribution in [0.5, 0.6) is 5.75 Å². The number of phenols is 1. The van der Waals surface area contributed by atoms with Crippen molar-refractivity contribution >= 4 is 17.3 Å². The number of benzene rings is 1. The second kappa shape index (κ2) is 5.11. The van der Waals surface area contributed by atoms with E-state index in [1.54, 1.807) is 0 Å². The van der Waals surface area contributed by atoms with Gasteiger partial charge in [-0.1, -0.05) is 0 Å². The van der Waals surface area contributed by atoms with Gasteiger partial charge in [-0.25, -0.2) is 0 Å². The van der Waals surface area contributed by atoms with E-state index in [9.17, 15) is 30.1 Å². The lowest BCUT2D eigenvalue weighted by atomic mass is 10.1. The predicted octanol–water partition coefficient (Wildman–Crippen LogP) is 1.44. The summed E-state index contributed by atoms with van der Waals surface area (Å²) in [6.45, 7) is 1.03. The first-order chi connectivity index (χ1) is 9.41. The number of carbonyl (C=O) groups excluding carboxylic acids is 1. The number of nitrogens with zero attached hydrogens (tertiary/aromatic N) is 3. The van der Waals surface area contributed by atoms with Crippen LogP contribution in [0.25, 0.3) is 0 Å². The van der Waals surface area contributed by atoms with E-state index in [-0.39, 0.29) is 5.56 Å². The van der Waals surface area contributed by atoms with E-state index in [1.165, 1.54) is 4.90 Å². The third-order valence-corrected chi connectivity index (χ3v) is 3.10. The van der Waals surface area contributed by atoms with E-state index in [0.29, 0.717) is 13.1 Å². The van der Waals surface area contributed by atoms with E-state index < -0.39 is 32.9 Å². The van der Waals surface area contributed by atoms with Crippen LogP contribution < -0.4 is 0 Å². The van der Waals surface area contributed by atoms with Crippen molar-refractivity contribution in [2.24, 2.45) is 0 Å². The number of hydrogen-bond acceptors (Lipinski definition) is 6. The molecule has 1 heterocycles. The fraction of sp³-hybridized carbons (Fsp3) is 0.364. The Kier molecular flexibility index (Phi) is 3.51. The average molecular weight is 281 g/mol. The molecule has 9 heteroatoms. The fourth-order valence-electron chi connectivity index (χ4n) is 2.11. The lowest BCUT2D eigenvalue weighted by Crippen LogP contribution is -2.27. The number of rotatable bonds is 3. The van der Waals surface area contributed by atoms with Gasteiger partial charge in [-0.05, 0) is 12.8 Å². The molecule has 2 rings (SSSR count). The maximum Gasteiger partial charge on any atom is 0.318 e. The minimum absolute atomic E-state index is 0.164. The molecule has 1 aromatic carbocycles. The van der Waals surface area contributed by atoms with Crippen LogP contribution in [0, 0.1) is 20.2 Å². The number of carbonyl (C=O) groups is 1. The molecule has 0 unspecified atom stereocenters. The van der Waals surface area contributed by atoms with Crippen molar-refractivity contribution in [3.63, 3.8) is 0 Å². The Morgan fingerprint density at radius 3 is 1.95 bits per heavy atom. The van der Waals surface area contributed by atoms with Gasteiger partial charge in [0, 0.05) is 25.2 Å². The summed E-state index contributed by atoms with van der Waals surface area (Å²) in [5, 5.41) is 31.1. The topological polar surface area (TPSA) is 127 Å². The fourth-order valence-corrected chi connectivity index (χ4v) is 2.11. The zero-order valence-electron chi connectivity index (χ0n) is 10.3. The van der Waals surface area contributed by atoms with Crippen LogP contribution >= 0.6 is 0 Å². The molecule has 1 fully saturated rings. The normalized spacial score (nSPS) is 14.3. The zero-order chi connectivity index (χ0) is 14.9. The van der Waals surface area contributed by atoms with Crippen LogP contribution in [0.4, 0.5) is 11.4 Å². The highest BCUT2D eigenvalue weighted by atomic mass is 16.6. The Bertz CT molecular complexity index is 559. The lowest BCUT2D eigenvalue weighted by molar-refractivity contribution is -0.396. The van der Waals surface area contributed by atoms with Crippen molar-refractivity contribution in [2.75, 3.05) is 13.1 Å². The first kappa shape index (κ1) is 13.7. The van der Waals surface area contributed by atoms with Crippen molar-refractivity contribution in [3.8, 4) is 5.75 Å². The number of nitro benzene ring substituents is 2. The van der Waals surface area contributed by atoms with E-state index in [4.69, 9.17) is 0 Å². The molecule has 106 valence electrons. The second-order valence-electron chi connectivity index (χ2n) is 4.38. The summed E-state index contributed by atoms with van der Waals surface area (Å²) < 4.78 is 0. The molecule has 0 atom stereocenters. The maximum atomic E-state index is 12.1. The number of likely N-dealkylation sites (tertiary alicyclic amines) is 1. The van der Waals surface area contributed by atoms with Crippen molar-refractivity contribution < 1.29 is 19.7 Å². The van der Waals surface area contributed by atoms with Crippen molar-refractivity contribution in [3.05, 3.63) is 37.9 Å². The smallest absolute Gasteiger partial charge is 0.318 e. The molecule has 0 bridgehead atoms. The molecule has 1 aromatic rings. The molecule has 1 N–H and O–H groups in total. The summed E-state index contributed by atoms with van der Waals surface area (Å²) >= 11 is 0. The summed E-state index contributed by atoms with van der Waals surface area (Å²) in [7, 11) is 0. The van der Waals surface area contributed by atoms with Gasteiger partial charge in [0.1, 0.15) is 0 Å². The van der Waals surface area contributed by atoms with Gasteiger partial charge in [-0.15, -0.1) is 0 Å². The van der Waals surface area contributed by atoms with Crippen LogP contribution in [0.2, 0.25) is 0 Å². The Morgan fingerprint density at radius 1 is 1.10 bits per heavy atom. The molecule has 0 radical (unpaired) electrons. The number of nitro groups is 2. The van der Waals surface area contributed by atoms with Gasteiger partial charge in [0.2, 0.25) is 0 Å². The largest absolute Gasteiger partial charge is 0.497 e. The summed E-state index contributed by atoms with van der Waals surface area (Å²) in [6, 6.07) is 1.73. The quantitative estimate of drug-likeness (QED) is 0.659. The Hall–Kier alpha value is -2.71. The molecule has 9 nitrogen and oxygen atoms in total. The molecule has 0 spiro atoms. The molecular weight excluding hydrogens is 270 g/mol. The second-order valence-corrected chi connectivity index (χ2v) is 4.38. The van der Waals surface area contributed by atoms with E-state index in [2.05, 4.69) is 0 Å². The molecule has 0 aliphatic carbocycles. The summed E-state index contributed by atoms with van der Waals surface area (Å²) in [5.41, 5.74) is -1.86. The highest BCUT2D eigenvalue weighted by Gasteiger charge is 2.30. The van der Waals surface area contributed by atoms with E-state index in [1.807, 2.05) is 0 Å². The maximum absolute atomic E-state index is 12.1. The Morgan fingerprint density at radius 2 is 1.55 bits per heavy atom. The monoisotopic (exact) mass is 281 g/mol. The van der Waals surface area contributed by atoms with Crippen molar-refractivity contribution in [2.45, 2.75) is 12.8 Å². The van der Waals surface area contributed by atoms with Crippen LogP contribution in [-0.2, 0) is 0 Å². The number of aromatic hydroxyl groups is 1. The van der Waals surface area contributed by atoms with Gasteiger partial charge in [-0.2, -0.15) is 0 Å². The molecule has 1 aliphatic heterocycles. The molecule has 1 amide bonds. The van der Waals surface area contributed by atoms with E-state index >= 15 is 0 Å². The number of phenolic OH excluding ortho intramolecular Hbond substituents is 1. The highest BCUT2D eigenvalue weighted by molar-refractivity contribution is 5.96. The third kappa shape index (κ3) is 2.37. The standard InChI is InChI=1S/C11H11N3O6/c15-10-8(13(17)18)5-7(6-9(10)14(19)20)11(16)12-3-1-2-4-12/h5-6,15H,1-4H2. The minimum atomic E-state index is -1.04. The molecule has 1 aliphatic rings. The number of amides is 1. The van der Waals surface area contributed by atoms with Gasteiger partial charge in [0.05, 0.1) is 15.4 Å². The van der Waals surface area contributed by atoms with Crippen LogP contribution in [0.1, 0.15) is 23.2 Å².